The van der Waals surface area contributed by atoms with E-state index in [1.165, 1.54) is 26.4 Å². The molecular weight excluding hydrogens is 194 g/mol. The molecule has 0 radical (unpaired) electrons. The first kappa shape index (κ1) is 9.87. The molecule has 72 valence electrons. The Morgan fingerprint density at radius 1 is 1.54 bits per heavy atom. The van der Waals surface area contributed by atoms with E-state index >= 15 is 0 Å². The van der Waals surface area contributed by atoms with E-state index in [0.29, 0.717) is 6.29 Å². The van der Waals surface area contributed by atoms with Gasteiger partial charge < -0.3 is 0 Å². The quantitative estimate of drug-likeness (QED) is 0.612. The van der Waals surface area contributed by atoms with Gasteiger partial charge in [-0.2, -0.15) is 21.9 Å². The van der Waals surface area contributed by atoms with Crippen LogP contribution < -0.4 is 0 Å². The minimum Gasteiger partial charge on any atom is -0.296 e. The SMILES string of the molecule is CN(C)S(=O)(=O)n1ccc(C=O)n1. The highest BCUT2D eigenvalue weighted by molar-refractivity contribution is 7.87. The number of hydrogen-bond donors (Lipinski definition) is 0. The molecule has 0 atom stereocenters. The molecule has 0 saturated heterocycles. The second kappa shape index (κ2) is 3.27. The van der Waals surface area contributed by atoms with Crippen molar-refractivity contribution < 1.29 is 13.2 Å². The van der Waals surface area contributed by atoms with Gasteiger partial charge in [0.05, 0.1) is 0 Å². The zero-order chi connectivity index (χ0) is 10.1. The van der Waals surface area contributed by atoms with Crippen LogP contribution in [0.4, 0.5) is 0 Å². The Bertz CT molecular complexity index is 407. The minimum absolute atomic E-state index is 0.0884. The maximum atomic E-state index is 11.4. The maximum Gasteiger partial charge on any atom is 0.322 e. The lowest BCUT2D eigenvalue weighted by atomic mass is 10.5. The van der Waals surface area contributed by atoms with E-state index < -0.39 is 10.2 Å². The normalized spacial score (nSPS) is 11.9. The average molecular weight is 203 g/mol. The fraction of sp³-hybridized carbons (Fsp3) is 0.333. The second-order valence-electron chi connectivity index (χ2n) is 2.52. The van der Waals surface area contributed by atoms with E-state index in [-0.39, 0.29) is 5.69 Å². The predicted molar refractivity (Wildman–Crippen MR) is 45.6 cm³/mol. The van der Waals surface area contributed by atoms with Gasteiger partial charge in [0.1, 0.15) is 5.69 Å². The second-order valence-corrected chi connectivity index (χ2v) is 4.52. The summed E-state index contributed by atoms with van der Waals surface area (Å²) in [4.78, 5) is 10.2. The average Bonchev–Trinajstić information content (AvgIpc) is 2.51. The summed E-state index contributed by atoms with van der Waals surface area (Å²) in [6, 6.07) is 1.33. The van der Waals surface area contributed by atoms with Crippen molar-refractivity contribution in [3.05, 3.63) is 18.0 Å². The maximum absolute atomic E-state index is 11.4. The van der Waals surface area contributed by atoms with Gasteiger partial charge in [-0.25, -0.2) is 0 Å². The van der Waals surface area contributed by atoms with Crippen molar-refractivity contribution in [3.8, 4) is 0 Å². The summed E-state index contributed by atoms with van der Waals surface area (Å²) in [5.41, 5.74) is 0.0884. The van der Waals surface area contributed by atoms with E-state index in [9.17, 15) is 13.2 Å². The van der Waals surface area contributed by atoms with Crippen LogP contribution in [0, 0.1) is 0 Å². The number of aromatic nitrogens is 2. The number of carbonyl (C=O) groups is 1. The van der Waals surface area contributed by atoms with Crippen LogP contribution >= 0.6 is 0 Å². The van der Waals surface area contributed by atoms with E-state index in [1.54, 1.807) is 0 Å². The van der Waals surface area contributed by atoms with Crippen molar-refractivity contribution in [2.24, 2.45) is 0 Å². The standard InChI is InChI=1S/C6H9N3O3S/c1-8(2)13(11,12)9-4-3-6(5-10)7-9/h3-5H,1-2H3. The number of hydrogen-bond acceptors (Lipinski definition) is 4. The molecule has 1 heterocycles. The summed E-state index contributed by atoms with van der Waals surface area (Å²) < 4.78 is 24.5. The molecule has 1 rings (SSSR count). The molecule has 0 aliphatic carbocycles. The fourth-order valence-electron chi connectivity index (χ4n) is 0.679. The lowest BCUT2D eigenvalue weighted by Crippen LogP contribution is -2.29. The Hall–Kier alpha value is -1.21. The first-order chi connectivity index (χ1) is 5.98. The lowest BCUT2D eigenvalue weighted by Gasteiger charge is -2.09. The molecule has 1 aromatic rings. The summed E-state index contributed by atoms with van der Waals surface area (Å²) in [5, 5.41) is 3.54. The van der Waals surface area contributed by atoms with E-state index in [0.717, 1.165) is 8.39 Å². The summed E-state index contributed by atoms with van der Waals surface area (Å²) in [6.07, 6.45) is 1.71. The van der Waals surface area contributed by atoms with Crippen molar-refractivity contribution in [1.82, 2.24) is 13.5 Å². The molecule has 0 fully saturated rings. The highest BCUT2D eigenvalue weighted by atomic mass is 32.2. The van der Waals surface area contributed by atoms with Gasteiger partial charge in [0, 0.05) is 20.3 Å². The predicted octanol–water partition coefficient (Wildman–Crippen LogP) is -0.650. The third kappa shape index (κ3) is 1.76. The van der Waals surface area contributed by atoms with Gasteiger partial charge in [0.25, 0.3) is 0 Å². The number of carbonyl (C=O) groups excluding carboxylic acids is 1. The Labute approximate surface area is 76.0 Å². The molecule has 0 spiro atoms. The van der Waals surface area contributed by atoms with Crippen molar-refractivity contribution in [2.75, 3.05) is 14.1 Å². The summed E-state index contributed by atoms with van der Waals surface area (Å²) in [6.45, 7) is 0. The van der Waals surface area contributed by atoms with Crippen LogP contribution in [0.3, 0.4) is 0 Å². The topological polar surface area (TPSA) is 72.3 Å². The zero-order valence-electron chi connectivity index (χ0n) is 7.21. The Balaban J connectivity index is 3.16. The minimum atomic E-state index is -3.59. The molecule has 0 amide bonds. The van der Waals surface area contributed by atoms with Crippen molar-refractivity contribution in [2.45, 2.75) is 0 Å². The highest BCUT2D eigenvalue weighted by Gasteiger charge is 2.16. The lowest BCUT2D eigenvalue weighted by molar-refractivity contribution is 0.111. The van der Waals surface area contributed by atoms with E-state index in [2.05, 4.69) is 5.10 Å². The van der Waals surface area contributed by atoms with Gasteiger partial charge in [-0.15, -0.1) is 0 Å². The van der Waals surface area contributed by atoms with Crippen LogP contribution in [-0.4, -0.2) is 42.3 Å². The van der Waals surface area contributed by atoms with Crippen LogP contribution in [0.2, 0.25) is 0 Å². The van der Waals surface area contributed by atoms with Crippen LogP contribution in [0.25, 0.3) is 0 Å². The summed E-state index contributed by atoms with van der Waals surface area (Å²) in [7, 11) is -0.813. The molecule has 0 bridgehead atoms. The van der Waals surface area contributed by atoms with E-state index in [1.807, 2.05) is 0 Å². The Morgan fingerprint density at radius 2 is 2.15 bits per heavy atom. The molecule has 6 nitrogen and oxygen atoms in total. The van der Waals surface area contributed by atoms with Crippen molar-refractivity contribution >= 4 is 16.5 Å². The third-order valence-electron chi connectivity index (χ3n) is 1.41. The van der Waals surface area contributed by atoms with Gasteiger partial charge in [-0.05, 0) is 6.07 Å². The molecule has 0 aliphatic heterocycles. The van der Waals surface area contributed by atoms with Crippen LogP contribution in [-0.2, 0) is 10.2 Å². The molecule has 0 aliphatic rings. The molecule has 0 saturated carbocycles. The Morgan fingerprint density at radius 3 is 2.54 bits per heavy atom. The fourth-order valence-corrected chi connectivity index (χ4v) is 1.43. The van der Waals surface area contributed by atoms with Crippen LogP contribution in [0.15, 0.2) is 12.3 Å². The molecule has 13 heavy (non-hydrogen) atoms. The zero-order valence-corrected chi connectivity index (χ0v) is 8.02. The van der Waals surface area contributed by atoms with Crippen molar-refractivity contribution in [1.29, 1.82) is 0 Å². The summed E-state index contributed by atoms with van der Waals surface area (Å²) >= 11 is 0. The van der Waals surface area contributed by atoms with Crippen molar-refractivity contribution in [3.63, 3.8) is 0 Å². The number of rotatable bonds is 3. The monoisotopic (exact) mass is 203 g/mol. The highest BCUT2D eigenvalue weighted by Crippen LogP contribution is 2.00. The molecule has 1 aromatic heterocycles. The molecule has 0 N–H and O–H groups in total. The van der Waals surface area contributed by atoms with Gasteiger partial charge in [0.2, 0.25) is 0 Å². The summed E-state index contributed by atoms with van der Waals surface area (Å²) in [5.74, 6) is 0. The van der Waals surface area contributed by atoms with Gasteiger partial charge in [-0.3, -0.25) is 4.79 Å². The smallest absolute Gasteiger partial charge is 0.296 e. The molecule has 0 unspecified atom stereocenters. The molecule has 0 aromatic carbocycles. The molecular formula is C6H9N3O3S. The first-order valence-corrected chi connectivity index (χ1v) is 4.82. The molecule has 7 heteroatoms. The van der Waals surface area contributed by atoms with Gasteiger partial charge in [-0.1, -0.05) is 0 Å². The first-order valence-electron chi connectivity index (χ1n) is 3.42. The number of nitrogens with zero attached hydrogens (tertiary/aromatic N) is 3. The van der Waals surface area contributed by atoms with Crippen LogP contribution in [0.1, 0.15) is 10.5 Å². The third-order valence-corrected chi connectivity index (χ3v) is 3.00. The Kier molecular flexibility index (Phi) is 2.48. The van der Waals surface area contributed by atoms with Gasteiger partial charge in [0.15, 0.2) is 6.29 Å². The van der Waals surface area contributed by atoms with E-state index in [4.69, 9.17) is 0 Å². The van der Waals surface area contributed by atoms with Crippen LogP contribution in [0.5, 0.6) is 0 Å². The largest absolute Gasteiger partial charge is 0.322 e. The van der Waals surface area contributed by atoms with Gasteiger partial charge >= 0.3 is 10.2 Å². The number of aldehydes is 1.